The molecule has 3 aromatic carbocycles. The molecular weight excluding hydrogens is 498 g/mol. The highest BCUT2D eigenvalue weighted by Gasteiger charge is 2.60. The highest BCUT2D eigenvalue weighted by molar-refractivity contribution is 5.41. The van der Waals surface area contributed by atoms with Crippen molar-refractivity contribution in [3.63, 3.8) is 0 Å². The Morgan fingerprint density at radius 3 is 1.74 bits per heavy atom. The van der Waals surface area contributed by atoms with E-state index in [4.69, 9.17) is 4.74 Å². The van der Waals surface area contributed by atoms with Crippen molar-refractivity contribution in [1.29, 1.82) is 0 Å². The van der Waals surface area contributed by atoms with E-state index in [0.717, 1.165) is 67.7 Å². The minimum absolute atomic E-state index is 0. The molecule has 0 aliphatic carbocycles. The van der Waals surface area contributed by atoms with Crippen LogP contribution in [0.3, 0.4) is 0 Å². The average Bonchev–Trinajstić information content (AvgIpc) is 2.89. The first-order valence-electron chi connectivity index (χ1n) is 12.8. The summed E-state index contributed by atoms with van der Waals surface area (Å²) in [5.74, 6) is 0. The summed E-state index contributed by atoms with van der Waals surface area (Å²) in [6, 6.07) is 27.6. The van der Waals surface area contributed by atoms with Gasteiger partial charge in [-0.15, -0.1) is 0 Å². The summed E-state index contributed by atoms with van der Waals surface area (Å²) in [4.78, 5) is 0. The van der Waals surface area contributed by atoms with Crippen LogP contribution in [-0.4, -0.2) is 42.4 Å². The van der Waals surface area contributed by atoms with Crippen molar-refractivity contribution in [2.45, 2.75) is 45.3 Å². The lowest BCUT2D eigenvalue weighted by Gasteiger charge is -2.60. The molecule has 0 unspecified atom stereocenters. The van der Waals surface area contributed by atoms with Crippen LogP contribution in [-0.2, 0) is 16.9 Å². The molecule has 3 aliphatic heterocycles. The molecule has 4 heteroatoms. The molecule has 0 saturated carbocycles. The zero-order valence-electron chi connectivity index (χ0n) is 21.1. The summed E-state index contributed by atoms with van der Waals surface area (Å²) in [5.41, 5.74) is 4.68. The number of hydrogen-bond donors (Lipinski definition) is 1. The number of aryl methyl sites for hydroxylation is 2. The van der Waals surface area contributed by atoms with E-state index in [9.17, 15) is 5.11 Å². The third kappa shape index (κ3) is 4.99. The van der Waals surface area contributed by atoms with Crippen LogP contribution in [0, 0.1) is 19.3 Å². The lowest BCUT2D eigenvalue weighted by Crippen LogP contribution is -3.00. The second-order valence-electron chi connectivity index (χ2n) is 10.7. The number of piperidine rings is 3. The number of benzene rings is 3. The van der Waals surface area contributed by atoms with Crippen LogP contribution in [0.4, 0.5) is 0 Å². The topological polar surface area (TPSA) is 29.5 Å². The number of quaternary nitrogens is 1. The first kappa shape index (κ1) is 26.1. The van der Waals surface area contributed by atoms with Crippen molar-refractivity contribution < 1.29 is 31.3 Å². The van der Waals surface area contributed by atoms with E-state index in [1.165, 1.54) is 16.7 Å². The quantitative estimate of drug-likeness (QED) is 0.355. The minimum Gasteiger partial charge on any atom is -1.00 e. The maximum atomic E-state index is 12.6. The maximum absolute atomic E-state index is 12.6. The van der Waals surface area contributed by atoms with Crippen LogP contribution in [0.1, 0.15) is 47.1 Å². The van der Waals surface area contributed by atoms with Gasteiger partial charge in [0.2, 0.25) is 0 Å². The molecule has 3 fully saturated rings. The fourth-order valence-corrected chi connectivity index (χ4v) is 6.33. The molecule has 0 spiro atoms. The lowest BCUT2D eigenvalue weighted by molar-refractivity contribution is -0.946. The Bertz CT molecular complexity index is 1030. The predicted molar refractivity (Wildman–Crippen MR) is 137 cm³/mol. The van der Waals surface area contributed by atoms with Crippen LogP contribution in [0.25, 0.3) is 0 Å². The number of fused-ring (bicyclic) bond motifs is 3. The molecule has 35 heavy (non-hydrogen) atoms. The molecule has 0 atom stereocenters. The lowest BCUT2D eigenvalue weighted by atomic mass is 9.56. The zero-order chi connectivity index (χ0) is 23.7. The van der Waals surface area contributed by atoms with Crippen molar-refractivity contribution in [2.75, 3.05) is 32.8 Å². The number of aliphatic hydroxyl groups is 1. The molecule has 0 amide bonds. The molecule has 3 heterocycles. The highest BCUT2D eigenvalue weighted by atomic mass is 79.9. The largest absolute Gasteiger partial charge is 1.00 e. The van der Waals surface area contributed by atoms with Gasteiger partial charge in [-0.05, 0) is 30.5 Å². The Balaban J connectivity index is 0.00000289. The maximum Gasteiger partial charge on any atom is 0.121 e. The molecular formula is C31H38BrNO2. The number of nitrogens with zero attached hydrogens (tertiary/aromatic N) is 1. The van der Waals surface area contributed by atoms with Crippen LogP contribution in [0.15, 0.2) is 78.9 Å². The highest BCUT2D eigenvalue weighted by Crippen LogP contribution is 2.57. The summed E-state index contributed by atoms with van der Waals surface area (Å²) in [6.07, 6.45) is 3.14. The van der Waals surface area contributed by atoms with E-state index >= 15 is 0 Å². The van der Waals surface area contributed by atoms with Gasteiger partial charge in [-0.25, -0.2) is 0 Å². The number of rotatable bonds is 8. The minimum atomic E-state index is -0.964. The Hall–Kier alpha value is -1.98. The molecule has 3 aliphatic rings. The zero-order valence-corrected chi connectivity index (χ0v) is 22.6. The number of hydrogen-bond acceptors (Lipinski definition) is 2. The summed E-state index contributed by atoms with van der Waals surface area (Å²) in [5, 5.41) is 12.6. The SMILES string of the molecule is Cc1ccc(C(O)(c2ccc(C)cc2)C23CC[N+](CCOCc4ccccc4)(CC2)CC3)cc1.[Br-]. The van der Waals surface area contributed by atoms with Gasteiger partial charge >= 0.3 is 0 Å². The van der Waals surface area contributed by atoms with E-state index in [2.05, 4.69) is 86.6 Å². The van der Waals surface area contributed by atoms with Crippen LogP contribution in [0.2, 0.25) is 0 Å². The first-order chi connectivity index (χ1) is 16.4. The summed E-state index contributed by atoms with van der Waals surface area (Å²) in [6.45, 7) is 10.1. The summed E-state index contributed by atoms with van der Waals surface area (Å²) in [7, 11) is 0. The van der Waals surface area contributed by atoms with Gasteiger partial charge in [-0.2, -0.15) is 0 Å². The van der Waals surface area contributed by atoms with E-state index in [1.807, 2.05) is 6.07 Å². The van der Waals surface area contributed by atoms with Gasteiger partial charge in [0.05, 0.1) is 32.8 Å². The Kier molecular flexibility index (Phi) is 7.87. The van der Waals surface area contributed by atoms with Crippen LogP contribution >= 0.6 is 0 Å². The van der Waals surface area contributed by atoms with E-state index in [1.54, 1.807) is 0 Å². The normalized spacial score (nSPS) is 23.6. The third-order valence-electron chi connectivity index (χ3n) is 8.72. The molecule has 1 N–H and O–H groups in total. The van der Waals surface area contributed by atoms with Crippen molar-refractivity contribution in [1.82, 2.24) is 0 Å². The smallest absolute Gasteiger partial charge is 0.121 e. The summed E-state index contributed by atoms with van der Waals surface area (Å²) >= 11 is 0. The van der Waals surface area contributed by atoms with Crippen molar-refractivity contribution >= 4 is 0 Å². The fraction of sp³-hybridized carbons (Fsp3) is 0.419. The van der Waals surface area contributed by atoms with Crippen LogP contribution in [0.5, 0.6) is 0 Å². The molecule has 0 radical (unpaired) electrons. The second kappa shape index (κ2) is 10.6. The van der Waals surface area contributed by atoms with E-state index in [-0.39, 0.29) is 22.4 Å². The molecule has 3 saturated heterocycles. The van der Waals surface area contributed by atoms with Gasteiger partial charge in [0.25, 0.3) is 0 Å². The molecule has 6 rings (SSSR count). The molecule has 186 valence electrons. The standard InChI is InChI=1S/C31H38NO2.BrH/c1-25-8-12-28(13-9-25)31(33,29-14-10-26(2)11-15-29)30-16-19-32(20-17-30,21-18-30)22-23-34-24-27-6-4-3-5-7-27;/h3-15,33H,16-24H2,1-2H3;1H/q+1;/p-1. The monoisotopic (exact) mass is 535 g/mol. The second-order valence-corrected chi connectivity index (χ2v) is 10.7. The van der Waals surface area contributed by atoms with E-state index in [0.29, 0.717) is 6.61 Å². The molecule has 0 aromatic heterocycles. The summed E-state index contributed by atoms with van der Waals surface area (Å²) < 4.78 is 7.19. The van der Waals surface area contributed by atoms with Gasteiger partial charge in [0, 0.05) is 24.7 Å². The van der Waals surface area contributed by atoms with E-state index < -0.39 is 5.60 Å². The van der Waals surface area contributed by atoms with Crippen molar-refractivity contribution in [3.05, 3.63) is 107 Å². The Morgan fingerprint density at radius 2 is 1.26 bits per heavy atom. The van der Waals surface area contributed by atoms with Crippen molar-refractivity contribution in [2.24, 2.45) is 5.41 Å². The number of ether oxygens (including phenoxy) is 1. The fourth-order valence-electron chi connectivity index (χ4n) is 6.33. The first-order valence-corrected chi connectivity index (χ1v) is 12.8. The third-order valence-corrected chi connectivity index (χ3v) is 8.72. The predicted octanol–water partition coefficient (Wildman–Crippen LogP) is 2.76. The van der Waals surface area contributed by atoms with Gasteiger partial charge in [-0.3, -0.25) is 0 Å². The van der Waals surface area contributed by atoms with Crippen molar-refractivity contribution in [3.8, 4) is 0 Å². The molecule has 3 nitrogen and oxygen atoms in total. The van der Waals surface area contributed by atoms with Gasteiger partial charge in [0.1, 0.15) is 12.1 Å². The molecule has 3 aromatic rings. The molecule has 2 bridgehead atoms. The number of halogens is 1. The van der Waals surface area contributed by atoms with Gasteiger partial charge in [-0.1, -0.05) is 90.0 Å². The Labute approximate surface area is 221 Å². The van der Waals surface area contributed by atoms with Gasteiger partial charge < -0.3 is 31.3 Å². The van der Waals surface area contributed by atoms with Gasteiger partial charge in [0.15, 0.2) is 0 Å². The Morgan fingerprint density at radius 1 is 0.771 bits per heavy atom. The average molecular weight is 537 g/mol. The van der Waals surface area contributed by atoms with Crippen LogP contribution < -0.4 is 17.0 Å².